The van der Waals surface area contributed by atoms with Crippen molar-refractivity contribution in [3.05, 3.63) is 65.0 Å². The first-order chi connectivity index (χ1) is 13.7. The summed E-state index contributed by atoms with van der Waals surface area (Å²) in [5.74, 6) is 0.904. The highest BCUT2D eigenvalue weighted by Crippen LogP contribution is 2.25. The lowest BCUT2D eigenvalue weighted by atomic mass is 10.2. The van der Waals surface area contributed by atoms with Crippen LogP contribution in [0.15, 0.2) is 60.0 Å². The number of rotatable bonds is 7. The van der Waals surface area contributed by atoms with E-state index in [1.54, 1.807) is 28.8 Å². The molecule has 0 atom stereocenters. The van der Waals surface area contributed by atoms with Crippen molar-refractivity contribution in [2.24, 2.45) is 0 Å². The zero-order valence-electron chi connectivity index (χ0n) is 14.8. The number of amides is 1. The van der Waals surface area contributed by atoms with Gasteiger partial charge in [-0.25, -0.2) is 4.52 Å². The highest BCUT2D eigenvalue weighted by Gasteiger charge is 2.13. The van der Waals surface area contributed by atoms with Crippen LogP contribution in [0.2, 0.25) is 5.02 Å². The first kappa shape index (κ1) is 18.5. The normalized spacial score (nSPS) is 10.9. The Morgan fingerprint density at radius 3 is 2.71 bits per heavy atom. The Morgan fingerprint density at radius 1 is 1.14 bits per heavy atom. The molecule has 2 heterocycles. The number of carbonyl (C=O) groups is 1. The maximum Gasteiger partial charge on any atom is 0.250 e. The molecule has 8 heteroatoms. The van der Waals surface area contributed by atoms with Crippen LogP contribution in [0.25, 0.3) is 16.2 Å². The predicted octanol–water partition coefficient (Wildman–Crippen LogP) is 4.91. The number of hydrogen-bond donors (Lipinski definition) is 1. The Morgan fingerprint density at radius 2 is 1.93 bits per heavy atom. The molecule has 2 aromatic carbocycles. The highest BCUT2D eigenvalue weighted by molar-refractivity contribution is 7.15. The Kier molecular flexibility index (Phi) is 5.55. The van der Waals surface area contributed by atoms with Gasteiger partial charge in [0.15, 0.2) is 0 Å². The van der Waals surface area contributed by atoms with E-state index < -0.39 is 0 Å². The van der Waals surface area contributed by atoms with Crippen molar-refractivity contribution in [1.29, 1.82) is 0 Å². The van der Waals surface area contributed by atoms with Crippen LogP contribution in [-0.2, 0) is 4.79 Å². The third kappa shape index (κ3) is 4.32. The van der Waals surface area contributed by atoms with Crippen molar-refractivity contribution in [2.45, 2.75) is 12.8 Å². The standard InChI is InChI=1S/C20H17ClN4O2S/c21-15-8-10-16(11-9-15)27-12-4-7-18(26)22-19-23-20-25(24-19)17(13-28-20)14-5-2-1-3-6-14/h1-3,5-6,8-11,13H,4,7,12H2,(H,22,24,26). The molecule has 0 radical (unpaired) electrons. The molecule has 142 valence electrons. The number of ether oxygens (including phenoxy) is 1. The molecule has 0 aliphatic rings. The van der Waals surface area contributed by atoms with Crippen LogP contribution in [0.5, 0.6) is 5.75 Å². The number of nitrogens with one attached hydrogen (secondary N) is 1. The van der Waals surface area contributed by atoms with Crippen LogP contribution in [0.4, 0.5) is 5.95 Å². The highest BCUT2D eigenvalue weighted by atomic mass is 35.5. The molecule has 0 aliphatic heterocycles. The summed E-state index contributed by atoms with van der Waals surface area (Å²) < 4.78 is 7.34. The van der Waals surface area contributed by atoms with E-state index in [2.05, 4.69) is 15.4 Å². The third-order valence-electron chi connectivity index (χ3n) is 4.03. The SMILES string of the molecule is O=C(CCCOc1ccc(Cl)cc1)Nc1nc2scc(-c3ccccc3)n2n1. The summed E-state index contributed by atoms with van der Waals surface area (Å²) in [6, 6.07) is 17.1. The summed E-state index contributed by atoms with van der Waals surface area (Å²) in [5, 5.41) is 9.83. The fourth-order valence-corrected chi connectivity index (χ4v) is 3.64. The largest absolute Gasteiger partial charge is 0.494 e. The van der Waals surface area contributed by atoms with Gasteiger partial charge in [-0.1, -0.05) is 41.9 Å². The molecule has 4 rings (SSSR count). The predicted molar refractivity (Wildman–Crippen MR) is 111 cm³/mol. The molecule has 6 nitrogen and oxygen atoms in total. The molecule has 1 amide bonds. The molecule has 0 fully saturated rings. The van der Waals surface area contributed by atoms with Crippen molar-refractivity contribution in [3.8, 4) is 17.0 Å². The second-order valence-corrected chi connectivity index (χ2v) is 7.34. The number of fused-ring (bicyclic) bond motifs is 1. The second-order valence-electron chi connectivity index (χ2n) is 6.07. The van der Waals surface area contributed by atoms with Gasteiger partial charge in [-0.05, 0) is 30.7 Å². The van der Waals surface area contributed by atoms with Crippen LogP contribution in [0.1, 0.15) is 12.8 Å². The van der Waals surface area contributed by atoms with Crippen molar-refractivity contribution in [2.75, 3.05) is 11.9 Å². The fraction of sp³-hybridized carbons (Fsp3) is 0.150. The van der Waals surface area contributed by atoms with Crippen LogP contribution in [-0.4, -0.2) is 27.1 Å². The van der Waals surface area contributed by atoms with E-state index >= 15 is 0 Å². The third-order valence-corrected chi connectivity index (χ3v) is 5.10. The fourth-order valence-electron chi connectivity index (χ4n) is 2.68. The number of nitrogens with zero attached hydrogens (tertiary/aromatic N) is 3. The number of hydrogen-bond acceptors (Lipinski definition) is 5. The molecule has 0 unspecified atom stereocenters. The van der Waals surface area contributed by atoms with Gasteiger partial charge in [-0.15, -0.1) is 16.4 Å². The van der Waals surface area contributed by atoms with Gasteiger partial charge in [-0.3, -0.25) is 10.1 Å². The Hall–Kier alpha value is -2.90. The molecule has 1 N–H and O–H groups in total. The smallest absolute Gasteiger partial charge is 0.250 e. The molecule has 2 aromatic heterocycles. The van der Waals surface area contributed by atoms with Gasteiger partial charge in [0.25, 0.3) is 0 Å². The average molecular weight is 413 g/mol. The maximum absolute atomic E-state index is 12.2. The Labute approximate surface area is 170 Å². The summed E-state index contributed by atoms with van der Waals surface area (Å²) in [6.45, 7) is 0.443. The summed E-state index contributed by atoms with van der Waals surface area (Å²) in [7, 11) is 0. The van der Waals surface area contributed by atoms with Gasteiger partial charge >= 0.3 is 0 Å². The average Bonchev–Trinajstić information content (AvgIpc) is 3.27. The van der Waals surface area contributed by atoms with E-state index in [1.165, 1.54) is 11.3 Å². The molecule has 4 aromatic rings. The molecule has 0 spiro atoms. The van der Waals surface area contributed by atoms with E-state index in [0.29, 0.717) is 30.4 Å². The first-order valence-corrected chi connectivity index (χ1v) is 10.0. The molecule has 0 bridgehead atoms. The van der Waals surface area contributed by atoms with E-state index in [1.807, 2.05) is 35.7 Å². The molecule has 28 heavy (non-hydrogen) atoms. The van der Waals surface area contributed by atoms with Gasteiger partial charge in [0.1, 0.15) is 5.75 Å². The second kappa shape index (κ2) is 8.41. The minimum atomic E-state index is -0.140. The van der Waals surface area contributed by atoms with Crippen LogP contribution in [0.3, 0.4) is 0 Å². The van der Waals surface area contributed by atoms with Gasteiger partial charge in [-0.2, -0.15) is 4.98 Å². The molecule has 0 aliphatic carbocycles. The van der Waals surface area contributed by atoms with Crippen molar-refractivity contribution < 1.29 is 9.53 Å². The van der Waals surface area contributed by atoms with Gasteiger partial charge in [0.2, 0.25) is 16.8 Å². The van der Waals surface area contributed by atoms with E-state index in [0.717, 1.165) is 22.0 Å². The van der Waals surface area contributed by atoms with Crippen LogP contribution >= 0.6 is 22.9 Å². The van der Waals surface area contributed by atoms with Gasteiger partial charge < -0.3 is 4.74 Å². The summed E-state index contributed by atoms with van der Waals surface area (Å²) >= 11 is 7.32. The number of carbonyl (C=O) groups excluding carboxylic acids is 1. The van der Waals surface area contributed by atoms with Gasteiger partial charge in [0, 0.05) is 22.4 Å². The lowest BCUT2D eigenvalue weighted by molar-refractivity contribution is -0.116. The monoisotopic (exact) mass is 412 g/mol. The lowest BCUT2D eigenvalue weighted by Gasteiger charge is -2.05. The van der Waals surface area contributed by atoms with Crippen LogP contribution < -0.4 is 10.1 Å². The van der Waals surface area contributed by atoms with Crippen molar-refractivity contribution in [3.63, 3.8) is 0 Å². The van der Waals surface area contributed by atoms with Gasteiger partial charge in [0.05, 0.1) is 12.3 Å². The Balaban J connectivity index is 1.31. The minimum absolute atomic E-state index is 0.140. The van der Waals surface area contributed by atoms with E-state index in [-0.39, 0.29) is 5.91 Å². The van der Waals surface area contributed by atoms with E-state index in [4.69, 9.17) is 16.3 Å². The molecular formula is C20H17ClN4O2S. The number of halogens is 1. The number of benzene rings is 2. The lowest BCUT2D eigenvalue weighted by Crippen LogP contribution is -2.14. The zero-order valence-corrected chi connectivity index (χ0v) is 16.4. The van der Waals surface area contributed by atoms with Crippen LogP contribution in [0, 0.1) is 0 Å². The number of thiazole rings is 1. The molecule has 0 saturated heterocycles. The topological polar surface area (TPSA) is 68.5 Å². The quantitative estimate of drug-likeness (QED) is 0.438. The van der Waals surface area contributed by atoms with E-state index in [9.17, 15) is 4.79 Å². The Bertz CT molecular complexity index is 1080. The minimum Gasteiger partial charge on any atom is -0.494 e. The number of anilines is 1. The van der Waals surface area contributed by atoms with Crippen molar-refractivity contribution in [1.82, 2.24) is 14.6 Å². The maximum atomic E-state index is 12.2. The molecular weight excluding hydrogens is 396 g/mol. The number of aromatic nitrogens is 3. The first-order valence-electron chi connectivity index (χ1n) is 8.77. The summed E-state index contributed by atoms with van der Waals surface area (Å²) in [4.78, 5) is 17.3. The molecule has 0 saturated carbocycles. The zero-order chi connectivity index (χ0) is 19.3. The summed E-state index contributed by atoms with van der Waals surface area (Å²) in [5.41, 5.74) is 2.00. The van der Waals surface area contributed by atoms with Crippen molar-refractivity contribution >= 4 is 39.8 Å². The summed E-state index contributed by atoms with van der Waals surface area (Å²) in [6.07, 6.45) is 0.915.